The monoisotopic (exact) mass is 721 g/mol. The van der Waals surface area contributed by atoms with Gasteiger partial charge in [0, 0.05) is 23.1 Å². The van der Waals surface area contributed by atoms with Gasteiger partial charge in [0.25, 0.3) is 0 Å². The molecule has 2 aromatic carbocycles. The Morgan fingerprint density at radius 1 is 0.750 bits per heavy atom. The highest BCUT2D eigenvalue weighted by Gasteiger charge is 2.13. The van der Waals surface area contributed by atoms with Gasteiger partial charge in [-0.15, -0.1) is 4.37 Å². The lowest BCUT2D eigenvalue weighted by Gasteiger charge is -2.13. The number of methoxy groups -OCH3 is 1. The maximum atomic E-state index is 12.1. The molecule has 0 aliphatic carbocycles. The van der Waals surface area contributed by atoms with Crippen LogP contribution in [-0.4, -0.2) is 65.8 Å². The first kappa shape index (κ1) is 37.9. The van der Waals surface area contributed by atoms with Crippen LogP contribution in [-0.2, 0) is 16.6 Å². The van der Waals surface area contributed by atoms with E-state index in [1.54, 1.807) is 24.3 Å². The second-order valence-corrected chi connectivity index (χ2v) is 14.1. The number of para-hydroxylation sites is 4. The molecule has 0 saturated carbocycles. The minimum atomic E-state index is -3.33. The van der Waals surface area contributed by atoms with Crippen molar-refractivity contribution in [2.75, 3.05) is 47.8 Å². The second kappa shape index (κ2) is 18.7. The predicted octanol–water partition coefficient (Wildman–Crippen LogP) is 5.49. The number of benzene rings is 2. The van der Waals surface area contributed by atoms with Gasteiger partial charge in [-0.2, -0.15) is 9.36 Å². The molecule has 2 heterocycles. The zero-order chi connectivity index (χ0) is 35.1. The number of rotatable bonds is 14. The SMILES string of the molecule is CC(C)COc1ccccc1NC(=O)Nc1nc(CNS(C)(=O)=O)ns1.COc1nsc(NC(=O)Nc2ccccc2OCC(C)C)n1. The van der Waals surface area contributed by atoms with E-state index in [1.165, 1.54) is 7.11 Å². The summed E-state index contributed by atoms with van der Waals surface area (Å²) in [6.07, 6.45) is 1.05. The van der Waals surface area contributed by atoms with E-state index in [4.69, 9.17) is 14.2 Å². The Bertz CT molecular complexity index is 1730. The van der Waals surface area contributed by atoms with Gasteiger partial charge in [-0.3, -0.25) is 10.6 Å². The highest BCUT2D eigenvalue weighted by atomic mass is 32.2. The average Bonchev–Trinajstić information content (AvgIpc) is 3.68. The standard InChI is InChI=1S/C15H21N5O4S2.C14H18N4O3S/c1-10(2)9-24-12-7-5-4-6-11(12)17-14(21)19-15-18-13(20-25-15)8-16-26(3,22)23;1-9(2)8-21-11-7-5-4-6-10(11)15-12(19)16-14-17-13(20-3)18-22-14/h4-7,10,16H,8-9H2,1-3H3,(H2,17,18,19,20,21);4-7,9H,8H2,1-3H3,(H2,15,16,17,18,19). The third-order valence-corrected chi connectivity index (χ3v) is 7.36. The Morgan fingerprint density at radius 2 is 1.23 bits per heavy atom. The van der Waals surface area contributed by atoms with Gasteiger partial charge < -0.3 is 24.8 Å². The number of carbonyl (C=O) groups is 2. The predicted molar refractivity (Wildman–Crippen MR) is 187 cm³/mol. The Balaban J connectivity index is 0.000000264. The molecule has 0 aliphatic rings. The van der Waals surface area contributed by atoms with E-state index in [2.05, 4.69) is 58.6 Å². The second-order valence-electron chi connectivity index (χ2n) is 10.8. The molecule has 0 bridgehead atoms. The molecular formula is C29H39N9O7S3. The molecule has 0 aliphatic heterocycles. The molecular weight excluding hydrogens is 683 g/mol. The lowest BCUT2D eigenvalue weighted by atomic mass is 10.2. The van der Waals surface area contributed by atoms with Crippen molar-refractivity contribution >= 4 is 66.8 Å². The first-order valence-corrected chi connectivity index (χ1v) is 18.0. The molecule has 0 radical (unpaired) electrons. The molecule has 19 heteroatoms. The zero-order valence-electron chi connectivity index (χ0n) is 27.3. The van der Waals surface area contributed by atoms with Gasteiger partial charge in [0.15, 0.2) is 5.82 Å². The lowest BCUT2D eigenvalue weighted by molar-refractivity contribution is 0.260. The molecule has 0 saturated heterocycles. The number of ether oxygens (including phenoxy) is 3. The smallest absolute Gasteiger partial charge is 0.329 e. The maximum absolute atomic E-state index is 12.1. The Labute approximate surface area is 287 Å². The number of hydrogen-bond acceptors (Lipinski definition) is 13. The molecule has 16 nitrogen and oxygen atoms in total. The normalized spacial score (nSPS) is 10.9. The minimum absolute atomic E-state index is 0.0372. The number of nitrogens with zero attached hydrogens (tertiary/aromatic N) is 4. The van der Waals surface area contributed by atoms with Crippen molar-refractivity contribution in [2.24, 2.45) is 11.8 Å². The summed E-state index contributed by atoms with van der Waals surface area (Å²) in [6.45, 7) is 9.27. The van der Waals surface area contributed by atoms with Gasteiger partial charge in [-0.25, -0.2) is 27.7 Å². The van der Waals surface area contributed by atoms with Crippen molar-refractivity contribution in [3.63, 3.8) is 0 Å². The van der Waals surface area contributed by atoms with Crippen molar-refractivity contribution in [3.05, 3.63) is 54.4 Å². The molecule has 0 fully saturated rings. The summed E-state index contributed by atoms with van der Waals surface area (Å²) in [5, 5.41) is 11.2. The topological polar surface area (TPSA) is 208 Å². The van der Waals surface area contributed by atoms with Crippen LogP contribution in [0.3, 0.4) is 0 Å². The molecule has 4 rings (SSSR count). The quantitative estimate of drug-likeness (QED) is 0.110. The van der Waals surface area contributed by atoms with Crippen LogP contribution in [0.1, 0.15) is 33.5 Å². The van der Waals surface area contributed by atoms with Crippen LogP contribution in [0, 0.1) is 11.8 Å². The van der Waals surface area contributed by atoms with Crippen LogP contribution in [0.25, 0.3) is 0 Å². The maximum Gasteiger partial charge on any atom is 0.329 e. The fourth-order valence-corrected chi connectivity index (χ4v) is 4.83. The van der Waals surface area contributed by atoms with E-state index in [0.717, 1.165) is 29.3 Å². The molecule has 260 valence electrons. The molecule has 0 spiro atoms. The lowest BCUT2D eigenvalue weighted by Crippen LogP contribution is -2.22. The van der Waals surface area contributed by atoms with Crippen molar-refractivity contribution in [3.8, 4) is 17.5 Å². The number of aromatic nitrogens is 4. The highest BCUT2D eigenvalue weighted by molar-refractivity contribution is 7.88. The number of hydrogen-bond donors (Lipinski definition) is 5. The third kappa shape index (κ3) is 14.0. The molecule has 5 N–H and O–H groups in total. The molecule has 4 aromatic rings. The first-order valence-electron chi connectivity index (χ1n) is 14.6. The highest BCUT2D eigenvalue weighted by Crippen LogP contribution is 2.26. The number of urea groups is 2. The first-order chi connectivity index (χ1) is 22.8. The van der Waals surface area contributed by atoms with E-state index >= 15 is 0 Å². The molecule has 48 heavy (non-hydrogen) atoms. The number of amides is 4. The van der Waals surface area contributed by atoms with Crippen molar-refractivity contribution in [1.82, 2.24) is 23.4 Å². The fourth-order valence-electron chi connectivity index (χ4n) is 3.32. The van der Waals surface area contributed by atoms with Gasteiger partial charge in [-0.1, -0.05) is 52.0 Å². The number of nitrogens with one attached hydrogen (secondary N) is 5. The molecule has 0 atom stereocenters. The van der Waals surface area contributed by atoms with E-state index in [0.29, 0.717) is 53.1 Å². The Kier molecular flexibility index (Phi) is 14.7. The number of sulfonamides is 1. The summed E-state index contributed by atoms with van der Waals surface area (Å²) in [6, 6.07) is 13.7. The summed E-state index contributed by atoms with van der Waals surface area (Å²) in [4.78, 5) is 32.2. The van der Waals surface area contributed by atoms with Crippen LogP contribution in [0.2, 0.25) is 0 Å². The van der Waals surface area contributed by atoms with Crippen LogP contribution >= 0.6 is 23.1 Å². The van der Waals surface area contributed by atoms with Crippen LogP contribution in [0.5, 0.6) is 17.5 Å². The van der Waals surface area contributed by atoms with Crippen molar-refractivity contribution in [1.29, 1.82) is 0 Å². The van der Waals surface area contributed by atoms with Gasteiger partial charge >= 0.3 is 18.1 Å². The van der Waals surface area contributed by atoms with Crippen molar-refractivity contribution < 1.29 is 32.2 Å². The molecule has 2 aromatic heterocycles. The number of carbonyl (C=O) groups excluding carboxylic acids is 2. The van der Waals surface area contributed by atoms with Crippen molar-refractivity contribution in [2.45, 2.75) is 34.2 Å². The van der Waals surface area contributed by atoms with Gasteiger partial charge in [0.05, 0.1) is 44.5 Å². The molecule has 4 amide bonds. The van der Waals surface area contributed by atoms with Gasteiger partial charge in [0.2, 0.25) is 20.3 Å². The van der Waals surface area contributed by atoms with Gasteiger partial charge in [0.1, 0.15) is 11.5 Å². The van der Waals surface area contributed by atoms with Crippen LogP contribution < -0.4 is 40.2 Å². The molecule has 0 unspecified atom stereocenters. The fraction of sp³-hybridized carbons (Fsp3) is 0.379. The van der Waals surface area contributed by atoms with Crippen LogP contribution in [0.4, 0.5) is 31.2 Å². The summed E-state index contributed by atoms with van der Waals surface area (Å²) >= 11 is 2.00. The Hall–Kier alpha value is -4.59. The Morgan fingerprint density at radius 3 is 1.69 bits per heavy atom. The number of anilines is 4. The summed E-state index contributed by atoms with van der Waals surface area (Å²) < 4.78 is 48.5. The minimum Gasteiger partial charge on any atom is -0.491 e. The van der Waals surface area contributed by atoms with Crippen LogP contribution in [0.15, 0.2) is 48.5 Å². The third-order valence-electron chi connectivity index (χ3n) is 5.41. The van der Waals surface area contributed by atoms with E-state index in [9.17, 15) is 18.0 Å². The summed E-state index contributed by atoms with van der Waals surface area (Å²) in [7, 11) is -1.87. The zero-order valence-corrected chi connectivity index (χ0v) is 29.7. The van der Waals surface area contributed by atoms with E-state index in [-0.39, 0.29) is 23.5 Å². The summed E-state index contributed by atoms with van der Waals surface area (Å²) in [5.74, 6) is 2.23. The van der Waals surface area contributed by atoms with E-state index < -0.39 is 22.1 Å². The summed E-state index contributed by atoms with van der Waals surface area (Å²) in [5.41, 5.74) is 1.13. The largest absolute Gasteiger partial charge is 0.491 e. The average molecular weight is 722 g/mol. The van der Waals surface area contributed by atoms with E-state index in [1.807, 2.05) is 38.1 Å². The van der Waals surface area contributed by atoms with Gasteiger partial charge in [-0.05, 0) is 36.1 Å².